The number of rotatable bonds is 9. The molecule has 1 aliphatic rings. The van der Waals surface area contributed by atoms with E-state index in [2.05, 4.69) is 4.72 Å². The van der Waals surface area contributed by atoms with Crippen LogP contribution in [0.25, 0.3) is 0 Å². The molecule has 0 spiro atoms. The van der Waals surface area contributed by atoms with Crippen LogP contribution in [-0.4, -0.2) is 93.8 Å². The Balaban J connectivity index is 1.65. The molecule has 4 atom stereocenters. The lowest BCUT2D eigenvalue weighted by Gasteiger charge is -2.36. The van der Waals surface area contributed by atoms with Crippen molar-refractivity contribution in [2.45, 2.75) is 63.2 Å². The Morgan fingerprint density at radius 2 is 1.79 bits per heavy atom. The third-order valence-electron chi connectivity index (χ3n) is 8.49. The van der Waals surface area contributed by atoms with Crippen LogP contribution in [0.2, 0.25) is 0 Å². The molecule has 0 saturated carbocycles. The minimum Gasteiger partial charge on any atom is -0.497 e. The van der Waals surface area contributed by atoms with Crippen LogP contribution in [0.15, 0.2) is 77.7 Å². The number of ether oxygens (including phenoxy) is 3. The summed E-state index contributed by atoms with van der Waals surface area (Å²) in [6.45, 7) is 6.31. The highest BCUT2D eigenvalue weighted by molar-refractivity contribution is 7.92. The van der Waals surface area contributed by atoms with E-state index in [4.69, 9.17) is 14.2 Å². The van der Waals surface area contributed by atoms with Crippen LogP contribution < -0.4 is 14.2 Å². The van der Waals surface area contributed by atoms with Gasteiger partial charge in [-0.3, -0.25) is 14.3 Å². The fourth-order valence-corrected chi connectivity index (χ4v) is 6.62. The van der Waals surface area contributed by atoms with Crippen molar-refractivity contribution in [2.24, 2.45) is 5.92 Å². The number of anilines is 1. The molecule has 2 amide bonds. The van der Waals surface area contributed by atoms with Crippen LogP contribution >= 0.6 is 0 Å². The van der Waals surface area contributed by atoms with Gasteiger partial charge in [0.15, 0.2) is 0 Å². The fraction of sp³-hybridized carbons (Fsp3) is 0.444. The van der Waals surface area contributed by atoms with Crippen molar-refractivity contribution in [3.05, 3.63) is 83.9 Å². The van der Waals surface area contributed by atoms with E-state index in [1.165, 1.54) is 25.3 Å². The zero-order valence-corrected chi connectivity index (χ0v) is 29.1. The molecule has 0 saturated heterocycles. The fourth-order valence-electron chi connectivity index (χ4n) is 5.57. The number of carbonyl (C=O) groups excluding carboxylic acids is 2. The normalized spacial score (nSPS) is 20.1. The van der Waals surface area contributed by atoms with Crippen LogP contribution in [0.4, 0.5) is 5.69 Å². The molecule has 4 rings (SSSR count). The number of likely N-dealkylation sites (N-methyl/N-ethyl adjacent to an activating group) is 1. The SMILES string of the molecule is COc1ccc(S(=O)(=O)Nc2ccc3c(c2)C(=O)N([C@@H](C)CO)C[C@H](C)[C@@H](CN(C)C(=O)c2ccccc2)OCCCC[C@H](C)O3)cc1. The van der Waals surface area contributed by atoms with E-state index < -0.39 is 28.1 Å². The molecule has 0 unspecified atom stereocenters. The largest absolute Gasteiger partial charge is 0.497 e. The van der Waals surface area contributed by atoms with Crippen molar-refractivity contribution in [1.82, 2.24) is 9.80 Å². The first-order valence-corrected chi connectivity index (χ1v) is 17.7. The van der Waals surface area contributed by atoms with Crippen molar-refractivity contribution >= 4 is 27.5 Å². The van der Waals surface area contributed by atoms with Gasteiger partial charge in [-0.2, -0.15) is 0 Å². The minimum absolute atomic E-state index is 0.0330. The highest BCUT2D eigenvalue weighted by Gasteiger charge is 2.31. The summed E-state index contributed by atoms with van der Waals surface area (Å²) < 4.78 is 46.8. The molecule has 11 nitrogen and oxygen atoms in total. The number of aliphatic hydroxyl groups excluding tert-OH is 1. The van der Waals surface area contributed by atoms with Crippen molar-refractivity contribution in [2.75, 3.05) is 45.2 Å². The number of carbonyl (C=O) groups is 2. The number of hydrogen-bond donors (Lipinski definition) is 2. The lowest BCUT2D eigenvalue weighted by molar-refractivity contribution is -0.0149. The minimum atomic E-state index is -3.99. The molecule has 1 aliphatic heterocycles. The highest BCUT2D eigenvalue weighted by Crippen LogP contribution is 2.30. The Morgan fingerprint density at radius 1 is 1.08 bits per heavy atom. The van der Waals surface area contributed by atoms with Crippen LogP contribution in [0.3, 0.4) is 0 Å². The Labute approximate surface area is 283 Å². The Kier molecular flexibility index (Phi) is 12.9. The summed E-state index contributed by atoms with van der Waals surface area (Å²) in [5, 5.41) is 10.2. The smallest absolute Gasteiger partial charge is 0.261 e. The molecule has 0 bridgehead atoms. The second kappa shape index (κ2) is 16.8. The van der Waals surface area contributed by atoms with E-state index in [-0.39, 0.29) is 47.2 Å². The van der Waals surface area contributed by atoms with Gasteiger partial charge in [0.1, 0.15) is 11.5 Å². The second-order valence-electron chi connectivity index (χ2n) is 12.3. The number of nitrogens with one attached hydrogen (secondary N) is 1. The van der Waals surface area contributed by atoms with Crippen LogP contribution in [0.5, 0.6) is 11.5 Å². The Bertz CT molecular complexity index is 1620. The average molecular weight is 682 g/mol. The molecule has 3 aromatic rings. The third-order valence-corrected chi connectivity index (χ3v) is 9.89. The molecular formula is C36H47N3O8S. The monoisotopic (exact) mass is 681 g/mol. The molecule has 3 aromatic carbocycles. The second-order valence-corrected chi connectivity index (χ2v) is 14.0. The number of aliphatic hydroxyl groups is 1. The van der Waals surface area contributed by atoms with Gasteiger partial charge in [-0.25, -0.2) is 8.42 Å². The summed E-state index contributed by atoms with van der Waals surface area (Å²) >= 11 is 0. The van der Waals surface area contributed by atoms with Crippen LogP contribution in [0, 0.1) is 5.92 Å². The molecule has 2 N–H and O–H groups in total. The van der Waals surface area contributed by atoms with Gasteiger partial charge in [0, 0.05) is 43.9 Å². The number of amides is 2. The first-order chi connectivity index (χ1) is 22.9. The zero-order chi connectivity index (χ0) is 34.8. The van der Waals surface area contributed by atoms with E-state index in [0.29, 0.717) is 36.6 Å². The number of benzene rings is 3. The molecular weight excluding hydrogens is 634 g/mol. The Hall–Kier alpha value is -4.13. The molecule has 48 heavy (non-hydrogen) atoms. The summed E-state index contributed by atoms with van der Waals surface area (Å²) in [7, 11) is -0.758. The third kappa shape index (κ3) is 9.48. The maximum Gasteiger partial charge on any atom is 0.261 e. The number of nitrogens with zero attached hydrogens (tertiary/aromatic N) is 2. The molecule has 260 valence electrons. The lowest BCUT2D eigenvalue weighted by Crippen LogP contribution is -2.48. The first kappa shape index (κ1) is 36.7. The number of fused-ring (bicyclic) bond motifs is 1. The molecule has 0 aromatic heterocycles. The van der Waals surface area contributed by atoms with Crippen LogP contribution in [0.1, 0.15) is 60.7 Å². The average Bonchev–Trinajstić information content (AvgIpc) is 3.09. The summed E-state index contributed by atoms with van der Waals surface area (Å²) in [4.78, 5) is 30.8. The molecule has 12 heteroatoms. The molecule has 0 radical (unpaired) electrons. The van der Waals surface area contributed by atoms with Crippen LogP contribution in [-0.2, 0) is 14.8 Å². The van der Waals surface area contributed by atoms with Gasteiger partial charge in [0.25, 0.3) is 21.8 Å². The summed E-state index contributed by atoms with van der Waals surface area (Å²) in [6, 6.07) is 19.1. The van der Waals surface area contributed by atoms with Gasteiger partial charge in [0.2, 0.25) is 0 Å². The van der Waals surface area contributed by atoms with Gasteiger partial charge in [-0.15, -0.1) is 0 Å². The highest BCUT2D eigenvalue weighted by atomic mass is 32.2. The molecule has 1 heterocycles. The number of methoxy groups -OCH3 is 1. The van der Waals surface area contributed by atoms with Gasteiger partial charge >= 0.3 is 0 Å². The van der Waals surface area contributed by atoms with Crippen molar-refractivity contribution < 1.29 is 37.3 Å². The first-order valence-electron chi connectivity index (χ1n) is 16.2. The van der Waals surface area contributed by atoms with Gasteiger partial charge in [-0.05, 0) is 87.7 Å². The predicted molar refractivity (Wildman–Crippen MR) is 184 cm³/mol. The maximum atomic E-state index is 14.4. The van der Waals surface area contributed by atoms with Gasteiger partial charge < -0.3 is 29.1 Å². The van der Waals surface area contributed by atoms with Gasteiger partial charge in [0.05, 0.1) is 42.4 Å². The van der Waals surface area contributed by atoms with Crippen molar-refractivity contribution in [3.8, 4) is 11.5 Å². The lowest BCUT2D eigenvalue weighted by atomic mass is 10.0. The van der Waals surface area contributed by atoms with Gasteiger partial charge in [-0.1, -0.05) is 25.1 Å². The summed E-state index contributed by atoms with van der Waals surface area (Å²) in [5.41, 5.74) is 0.917. The van der Waals surface area contributed by atoms with Crippen molar-refractivity contribution in [1.29, 1.82) is 0 Å². The van der Waals surface area contributed by atoms with E-state index >= 15 is 0 Å². The maximum absolute atomic E-state index is 14.4. The quantitative estimate of drug-likeness (QED) is 0.320. The summed E-state index contributed by atoms with van der Waals surface area (Å²) in [5.74, 6) is 0.0387. The topological polar surface area (TPSA) is 135 Å². The van der Waals surface area contributed by atoms with Crippen molar-refractivity contribution in [3.63, 3.8) is 0 Å². The number of sulfonamides is 1. The zero-order valence-electron chi connectivity index (χ0n) is 28.3. The summed E-state index contributed by atoms with van der Waals surface area (Å²) in [6.07, 6.45) is 1.66. The number of hydrogen-bond acceptors (Lipinski definition) is 8. The Morgan fingerprint density at radius 3 is 2.46 bits per heavy atom. The van der Waals surface area contributed by atoms with E-state index in [1.54, 1.807) is 60.2 Å². The standard InChI is InChI=1S/C36H47N3O8S/c1-25-22-39(26(2)24-40)36(42)32-21-29(37-48(43,44)31-17-15-30(45-5)16-18-31)14-19-33(32)47-27(3)11-9-10-20-46-34(25)23-38(4)35(41)28-12-7-6-8-13-28/h6-8,12-19,21,25-27,34,37,40H,9-11,20,22-24H2,1-5H3/t25-,26-,27-,34+/m0/s1. The predicted octanol–water partition coefficient (Wildman–Crippen LogP) is 5.06. The van der Waals surface area contributed by atoms with E-state index in [0.717, 1.165) is 12.8 Å². The molecule has 0 fully saturated rings. The molecule has 0 aliphatic carbocycles. The van der Waals surface area contributed by atoms with E-state index in [1.807, 2.05) is 32.0 Å². The van der Waals surface area contributed by atoms with E-state index in [9.17, 15) is 23.1 Å².